The average molecular weight is 460 g/mol. The molecule has 1 saturated carbocycles. The lowest BCUT2D eigenvalue weighted by Gasteiger charge is -2.30. The van der Waals surface area contributed by atoms with Gasteiger partial charge < -0.3 is 15.0 Å². The molecule has 7 nitrogen and oxygen atoms in total. The minimum Gasteiger partial charge on any atom is -0.368 e. The molecule has 1 aromatic heterocycles. The van der Waals surface area contributed by atoms with Gasteiger partial charge in [0.2, 0.25) is 0 Å². The van der Waals surface area contributed by atoms with Gasteiger partial charge in [-0.05, 0) is 43.4 Å². The Balaban J connectivity index is 1.71. The number of benzene rings is 1. The summed E-state index contributed by atoms with van der Waals surface area (Å²) in [7, 11) is -1.32. The Kier molecular flexibility index (Phi) is 6.23. The van der Waals surface area contributed by atoms with Crippen LogP contribution in [0.25, 0.3) is 6.08 Å². The molecule has 1 unspecified atom stereocenters. The minimum atomic E-state index is -3.12. The van der Waals surface area contributed by atoms with E-state index in [1.54, 1.807) is 23.9 Å². The van der Waals surface area contributed by atoms with E-state index in [4.69, 9.17) is 5.26 Å². The van der Waals surface area contributed by atoms with Gasteiger partial charge in [0.25, 0.3) is 0 Å². The average Bonchev–Trinajstić information content (AvgIpc) is 3.47. The molecule has 2 heterocycles. The summed E-state index contributed by atoms with van der Waals surface area (Å²) in [5.41, 5.74) is 1.55. The van der Waals surface area contributed by atoms with E-state index in [2.05, 4.69) is 28.6 Å². The molecule has 0 amide bonds. The maximum Gasteiger partial charge on any atom is 0.166 e. The van der Waals surface area contributed by atoms with Crippen LogP contribution >= 0.6 is 0 Å². The highest BCUT2D eigenvalue weighted by Gasteiger charge is 2.35. The summed E-state index contributed by atoms with van der Waals surface area (Å²) in [6, 6.07) is 5.99. The molecular weight excluding hydrogens is 429 g/mol. The monoisotopic (exact) mass is 459 g/mol. The number of hydrogen-bond acceptors (Lipinski definition) is 4. The number of halogens is 1. The Morgan fingerprint density at radius 3 is 2.81 bits per heavy atom. The summed E-state index contributed by atoms with van der Waals surface area (Å²) < 4.78 is 36.2. The second kappa shape index (κ2) is 8.79. The van der Waals surface area contributed by atoms with Gasteiger partial charge in [-0.25, -0.2) is 13.8 Å². The zero-order valence-corrected chi connectivity index (χ0v) is 19.4. The maximum absolute atomic E-state index is 14.1. The molecule has 0 bridgehead atoms. The number of aryl methyl sites for hydroxylation is 1. The first kappa shape index (κ1) is 22.7. The number of fused-ring (bicyclic) bond motifs is 1. The molecule has 1 aromatic carbocycles. The van der Waals surface area contributed by atoms with Gasteiger partial charge in [0.15, 0.2) is 6.23 Å². The molecule has 0 saturated heterocycles. The third-order valence-electron chi connectivity index (χ3n) is 5.75. The number of anilines is 1. The van der Waals surface area contributed by atoms with Gasteiger partial charge >= 0.3 is 0 Å². The van der Waals surface area contributed by atoms with E-state index in [0.29, 0.717) is 27.8 Å². The highest BCUT2D eigenvalue weighted by atomic mass is 32.3. The van der Waals surface area contributed by atoms with Crippen LogP contribution in [0, 0.1) is 23.1 Å². The van der Waals surface area contributed by atoms with E-state index in [1.807, 2.05) is 12.2 Å². The Labute approximate surface area is 189 Å². The number of nitrogens with one attached hydrogen (secondary N) is 3. The van der Waals surface area contributed by atoms with Gasteiger partial charge in [0.1, 0.15) is 11.9 Å². The normalized spacial score (nSPS) is 21.5. The summed E-state index contributed by atoms with van der Waals surface area (Å²) in [4.78, 5) is 0.641. The molecule has 9 heteroatoms. The first-order chi connectivity index (χ1) is 15.2. The lowest BCUT2D eigenvalue weighted by molar-refractivity contribution is 0.199. The van der Waals surface area contributed by atoms with E-state index >= 15 is 0 Å². The van der Waals surface area contributed by atoms with Crippen LogP contribution in [-0.2, 0) is 17.4 Å². The summed E-state index contributed by atoms with van der Waals surface area (Å²) in [6.45, 7) is 4.26. The van der Waals surface area contributed by atoms with Crippen LogP contribution in [-0.4, -0.2) is 26.0 Å². The SMILES string of the molecule is CC(C)C[C@H]1C=Cc2c(cn(C)c2C(O)Nc2ccc(F)c(C#N)c2)[SH](=O)(NC2CC2)N1. The highest BCUT2D eigenvalue weighted by Crippen LogP contribution is 2.35. The number of rotatable bonds is 7. The number of aliphatic hydroxyl groups is 1. The second-order valence-corrected chi connectivity index (χ2v) is 11.2. The van der Waals surface area contributed by atoms with Gasteiger partial charge in [-0.15, -0.1) is 0 Å². The zero-order chi connectivity index (χ0) is 23.0. The number of nitrogens with zero attached hydrogens (tertiary/aromatic N) is 2. The van der Waals surface area contributed by atoms with Crippen molar-refractivity contribution in [3.63, 3.8) is 0 Å². The third-order valence-corrected chi connectivity index (χ3v) is 8.21. The first-order valence-corrected chi connectivity index (χ1v) is 12.6. The van der Waals surface area contributed by atoms with Crippen molar-refractivity contribution in [2.24, 2.45) is 13.0 Å². The first-order valence-electron chi connectivity index (χ1n) is 10.9. The van der Waals surface area contributed by atoms with E-state index in [9.17, 15) is 13.7 Å². The van der Waals surface area contributed by atoms with E-state index in [-0.39, 0.29) is 17.6 Å². The second-order valence-electron chi connectivity index (χ2n) is 9.01. The molecule has 2 aliphatic rings. The molecule has 0 radical (unpaired) electrons. The van der Waals surface area contributed by atoms with Crippen LogP contribution in [0.3, 0.4) is 0 Å². The molecular formula is C23H30FN5O2S. The maximum atomic E-state index is 14.1. The summed E-state index contributed by atoms with van der Waals surface area (Å²) >= 11 is 0. The van der Waals surface area contributed by atoms with E-state index in [1.165, 1.54) is 18.2 Å². The molecule has 1 fully saturated rings. The van der Waals surface area contributed by atoms with Crippen molar-refractivity contribution in [1.82, 2.24) is 14.0 Å². The highest BCUT2D eigenvalue weighted by molar-refractivity contribution is 7.99. The summed E-state index contributed by atoms with van der Waals surface area (Å²) in [6.07, 6.45) is 7.42. The zero-order valence-electron chi connectivity index (χ0n) is 18.5. The lowest BCUT2D eigenvalue weighted by atomic mass is 10.0. The van der Waals surface area contributed by atoms with E-state index in [0.717, 1.165) is 19.3 Å². The lowest BCUT2D eigenvalue weighted by Crippen LogP contribution is -2.48. The third kappa shape index (κ3) is 4.64. The minimum absolute atomic E-state index is 0.0574. The van der Waals surface area contributed by atoms with Crippen LogP contribution < -0.4 is 14.8 Å². The number of hydrogen-bond donors (Lipinski definition) is 5. The van der Waals surface area contributed by atoms with Crippen LogP contribution in [0.1, 0.15) is 56.2 Å². The molecule has 1 aliphatic heterocycles. The Morgan fingerprint density at radius 2 is 2.16 bits per heavy atom. The van der Waals surface area contributed by atoms with E-state index < -0.39 is 22.3 Å². The standard InChI is InChI=1S/C23H30FN5O2S/c1-14(2)10-18-6-8-19-21(32(31,28-18)27-16-4-5-16)13-29(3)22(19)23(30)26-17-7-9-20(24)15(11-17)12-25/h6-9,11,13-14,16,18,23,26,30,32H,4-5,10H2,1-3H3,(H2,27,28,31)/t18-,23?/m1/s1. The van der Waals surface area contributed by atoms with Gasteiger partial charge in [0, 0.05) is 46.9 Å². The van der Waals surface area contributed by atoms with Crippen LogP contribution in [0.2, 0.25) is 0 Å². The molecule has 2 aromatic rings. The Hall–Kier alpha value is -2.51. The van der Waals surface area contributed by atoms with Crippen molar-refractivity contribution in [3.05, 3.63) is 53.1 Å². The van der Waals surface area contributed by atoms with Crippen molar-refractivity contribution < 1.29 is 13.7 Å². The fraction of sp³-hybridized carbons (Fsp3) is 0.435. The van der Waals surface area contributed by atoms with Crippen LogP contribution in [0.5, 0.6) is 0 Å². The van der Waals surface area contributed by atoms with Gasteiger partial charge in [-0.2, -0.15) is 5.26 Å². The Bertz CT molecular complexity index is 1130. The van der Waals surface area contributed by atoms with Crippen molar-refractivity contribution in [2.45, 2.75) is 56.3 Å². The predicted octanol–water partition coefficient (Wildman–Crippen LogP) is 3.13. The van der Waals surface area contributed by atoms with Gasteiger partial charge in [-0.3, -0.25) is 4.21 Å². The largest absolute Gasteiger partial charge is 0.368 e. The molecule has 172 valence electrons. The fourth-order valence-corrected chi connectivity index (χ4v) is 6.75. The molecule has 2 atom stereocenters. The summed E-state index contributed by atoms with van der Waals surface area (Å²) in [5.74, 6) is -0.188. The Morgan fingerprint density at radius 1 is 1.41 bits per heavy atom. The van der Waals surface area contributed by atoms with Crippen molar-refractivity contribution in [3.8, 4) is 6.07 Å². The summed E-state index contributed by atoms with van der Waals surface area (Å²) in [5, 5.41) is 23.0. The number of nitriles is 1. The molecule has 1 aliphatic carbocycles. The molecule has 0 spiro atoms. The van der Waals surface area contributed by atoms with Crippen molar-refractivity contribution in [1.29, 1.82) is 5.26 Å². The molecule has 4 N–H and O–H groups in total. The van der Waals surface area contributed by atoms with Gasteiger partial charge in [-0.1, -0.05) is 26.0 Å². The van der Waals surface area contributed by atoms with Crippen LogP contribution in [0.4, 0.5) is 10.1 Å². The van der Waals surface area contributed by atoms with Crippen molar-refractivity contribution >= 4 is 22.1 Å². The van der Waals surface area contributed by atoms with Gasteiger partial charge in [0.05, 0.1) is 16.2 Å². The quantitative estimate of drug-likeness (QED) is 0.324. The molecule has 32 heavy (non-hydrogen) atoms. The molecule has 4 rings (SSSR count). The number of thiol groups is 1. The fourth-order valence-electron chi connectivity index (χ4n) is 4.11. The van der Waals surface area contributed by atoms with Crippen molar-refractivity contribution in [2.75, 3.05) is 5.32 Å². The number of aliphatic hydroxyl groups excluding tert-OH is 1. The predicted molar refractivity (Wildman–Crippen MR) is 124 cm³/mol. The topological polar surface area (TPSA) is 102 Å². The number of aromatic nitrogens is 1. The smallest absolute Gasteiger partial charge is 0.166 e. The van der Waals surface area contributed by atoms with Crippen LogP contribution in [0.15, 0.2) is 35.4 Å².